The van der Waals surface area contributed by atoms with Gasteiger partial charge in [-0.2, -0.15) is 0 Å². The lowest BCUT2D eigenvalue weighted by molar-refractivity contribution is -0.114. The van der Waals surface area contributed by atoms with E-state index in [1.807, 2.05) is 24.4 Å². The van der Waals surface area contributed by atoms with Gasteiger partial charge >= 0.3 is 0 Å². The molecule has 1 aliphatic rings. The summed E-state index contributed by atoms with van der Waals surface area (Å²) in [4.78, 5) is 23.4. The summed E-state index contributed by atoms with van der Waals surface area (Å²) < 4.78 is 6.26. The van der Waals surface area contributed by atoms with Crippen molar-refractivity contribution < 1.29 is 9.53 Å². The molecule has 1 aliphatic heterocycles. The highest BCUT2D eigenvalue weighted by atomic mass is 32.1. The van der Waals surface area contributed by atoms with Gasteiger partial charge in [0, 0.05) is 55.1 Å². The quantitative estimate of drug-likeness (QED) is 0.729. The molecule has 2 atom stereocenters. The van der Waals surface area contributed by atoms with E-state index in [-0.39, 0.29) is 12.0 Å². The van der Waals surface area contributed by atoms with E-state index in [4.69, 9.17) is 4.74 Å². The van der Waals surface area contributed by atoms with Crippen molar-refractivity contribution in [1.29, 1.82) is 0 Å². The molecule has 0 saturated carbocycles. The zero-order valence-electron chi connectivity index (χ0n) is 15.4. The van der Waals surface area contributed by atoms with E-state index in [0.29, 0.717) is 17.1 Å². The summed E-state index contributed by atoms with van der Waals surface area (Å²) in [7, 11) is 0. The van der Waals surface area contributed by atoms with Crippen LogP contribution in [-0.2, 0) is 11.3 Å². The monoisotopic (exact) mass is 382 g/mol. The number of hydrogen-bond donors (Lipinski definition) is 1. The van der Waals surface area contributed by atoms with E-state index < -0.39 is 0 Å². The van der Waals surface area contributed by atoms with Crippen LogP contribution in [0, 0.1) is 0 Å². The number of anilines is 1. The summed E-state index contributed by atoms with van der Waals surface area (Å²) in [6.07, 6.45) is 4.71. The average Bonchev–Trinajstić information content (AvgIpc) is 3.21. The predicted octanol–water partition coefficient (Wildman–Crippen LogP) is 3.69. The second kappa shape index (κ2) is 7.62. The van der Waals surface area contributed by atoms with Crippen molar-refractivity contribution in [3.8, 4) is 5.88 Å². The van der Waals surface area contributed by atoms with Crippen LogP contribution in [0.2, 0.25) is 0 Å². The van der Waals surface area contributed by atoms with Gasteiger partial charge in [0.1, 0.15) is 6.10 Å². The SMILES string of the molecule is CC(=O)Nc1ncc(CN2C[C@H](Oc3nccc4ccccc34)C[C@@H]2C)s1. The van der Waals surface area contributed by atoms with Crippen molar-refractivity contribution in [2.75, 3.05) is 11.9 Å². The Morgan fingerprint density at radius 3 is 3.04 bits per heavy atom. The Bertz CT molecular complexity index is 953. The van der Waals surface area contributed by atoms with Crippen LogP contribution >= 0.6 is 11.3 Å². The van der Waals surface area contributed by atoms with Crippen molar-refractivity contribution in [2.45, 2.75) is 39.0 Å². The summed E-state index contributed by atoms with van der Waals surface area (Å²) >= 11 is 1.52. The van der Waals surface area contributed by atoms with Crippen LogP contribution in [0.5, 0.6) is 5.88 Å². The second-order valence-corrected chi connectivity index (χ2v) is 8.02. The normalized spacial score (nSPS) is 20.1. The molecule has 1 aromatic carbocycles. The minimum atomic E-state index is -0.0958. The smallest absolute Gasteiger partial charge is 0.223 e. The Hall–Kier alpha value is -2.51. The van der Waals surface area contributed by atoms with Crippen molar-refractivity contribution in [1.82, 2.24) is 14.9 Å². The van der Waals surface area contributed by atoms with Crippen LogP contribution < -0.4 is 10.1 Å². The summed E-state index contributed by atoms with van der Waals surface area (Å²) in [5.74, 6) is 0.611. The topological polar surface area (TPSA) is 67.4 Å². The highest BCUT2D eigenvalue weighted by Crippen LogP contribution is 2.29. The molecule has 0 radical (unpaired) electrons. The number of aromatic nitrogens is 2. The molecule has 7 heteroatoms. The average molecular weight is 382 g/mol. The zero-order valence-corrected chi connectivity index (χ0v) is 16.2. The molecular weight excluding hydrogens is 360 g/mol. The van der Waals surface area contributed by atoms with Gasteiger partial charge < -0.3 is 10.1 Å². The molecule has 3 aromatic rings. The van der Waals surface area contributed by atoms with Crippen molar-refractivity contribution in [2.24, 2.45) is 0 Å². The minimum Gasteiger partial charge on any atom is -0.472 e. The number of amides is 1. The maximum absolute atomic E-state index is 11.2. The first kappa shape index (κ1) is 17.9. The predicted molar refractivity (Wildman–Crippen MR) is 107 cm³/mol. The number of fused-ring (bicyclic) bond motifs is 1. The van der Waals surface area contributed by atoms with Crippen LogP contribution in [0.25, 0.3) is 10.8 Å². The van der Waals surface area contributed by atoms with E-state index in [9.17, 15) is 4.79 Å². The van der Waals surface area contributed by atoms with Crippen molar-refractivity contribution in [3.05, 3.63) is 47.6 Å². The van der Waals surface area contributed by atoms with E-state index >= 15 is 0 Å². The molecule has 2 aromatic heterocycles. The van der Waals surface area contributed by atoms with Gasteiger partial charge in [-0.15, -0.1) is 11.3 Å². The number of rotatable bonds is 5. The van der Waals surface area contributed by atoms with Gasteiger partial charge in [0.05, 0.1) is 0 Å². The minimum absolute atomic E-state index is 0.0958. The zero-order chi connectivity index (χ0) is 18.8. The summed E-state index contributed by atoms with van der Waals surface area (Å²) in [5, 5.41) is 5.58. The van der Waals surface area contributed by atoms with Gasteiger partial charge in [0.2, 0.25) is 11.8 Å². The van der Waals surface area contributed by atoms with E-state index in [1.54, 1.807) is 6.20 Å². The first-order valence-electron chi connectivity index (χ1n) is 9.05. The molecule has 1 N–H and O–H groups in total. The highest BCUT2D eigenvalue weighted by molar-refractivity contribution is 7.15. The number of nitrogens with one attached hydrogen (secondary N) is 1. The lowest BCUT2D eigenvalue weighted by Gasteiger charge is -2.19. The molecular formula is C20H22N4O2S. The lowest BCUT2D eigenvalue weighted by Crippen LogP contribution is -2.27. The molecule has 6 nitrogen and oxygen atoms in total. The maximum Gasteiger partial charge on any atom is 0.223 e. The third kappa shape index (κ3) is 4.09. The number of ether oxygens (including phenoxy) is 1. The van der Waals surface area contributed by atoms with Gasteiger partial charge in [0.15, 0.2) is 5.13 Å². The molecule has 1 saturated heterocycles. The van der Waals surface area contributed by atoms with Crippen LogP contribution in [0.15, 0.2) is 42.7 Å². The van der Waals surface area contributed by atoms with Gasteiger partial charge in [0.25, 0.3) is 0 Å². The molecule has 140 valence electrons. The fourth-order valence-electron chi connectivity index (χ4n) is 3.48. The summed E-state index contributed by atoms with van der Waals surface area (Å²) in [5.41, 5.74) is 0. The molecule has 3 heterocycles. The Labute approximate surface area is 162 Å². The van der Waals surface area contributed by atoms with Crippen LogP contribution in [0.1, 0.15) is 25.1 Å². The highest BCUT2D eigenvalue weighted by Gasteiger charge is 2.31. The number of nitrogens with zero attached hydrogens (tertiary/aromatic N) is 3. The molecule has 4 rings (SSSR count). The number of likely N-dealkylation sites (tertiary alicyclic amines) is 1. The van der Waals surface area contributed by atoms with Crippen LogP contribution in [-0.4, -0.2) is 39.5 Å². The van der Waals surface area contributed by atoms with Gasteiger partial charge in [-0.25, -0.2) is 9.97 Å². The van der Waals surface area contributed by atoms with Crippen molar-refractivity contribution >= 4 is 33.1 Å². The molecule has 0 unspecified atom stereocenters. The van der Waals surface area contributed by atoms with Gasteiger partial charge in [-0.3, -0.25) is 9.69 Å². The molecule has 1 fully saturated rings. The Kier molecular flexibility index (Phi) is 5.05. The Morgan fingerprint density at radius 1 is 1.33 bits per heavy atom. The molecule has 1 amide bonds. The number of hydrogen-bond acceptors (Lipinski definition) is 6. The maximum atomic E-state index is 11.2. The van der Waals surface area contributed by atoms with Gasteiger partial charge in [-0.1, -0.05) is 18.2 Å². The third-order valence-electron chi connectivity index (χ3n) is 4.78. The molecule has 0 bridgehead atoms. The fraction of sp³-hybridized carbons (Fsp3) is 0.350. The van der Waals surface area contributed by atoms with E-state index in [1.165, 1.54) is 18.3 Å². The second-order valence-electron chi connectivity index (χ2n) is 6.90. The first-order chi connectivity index (χ1) is 13.1. The van der Waals surface area contributed by atoms with Crippen LogP contribution in [0.3, 0.4) is 0 Å². The Balaban J connectivity index is 1.42. The largest absolute Gasteiger partial charge is 0.472 e. The number of carbonyl (C=O) groups excluding carboxylic acids is 1. The third-order valence-corrected chi connectivity index (χ3v) is 5.67. The molecule has 0 aliphatic carbocycles. The summed E-state index contributed by atoms with van der Waals surface area (Å²) in [6.45, 7) is 5.36. The van der Waals surface area contributed by atoms with Crippen LogP contribution in [0.4, 0.5) is 5.13 Å². The fourth-order valence-corrected chi connectivity index (χ4v) is 4.37. The van der Waals surface area contributed by atoms with Crippen molar-refractivity contribution in [3.63, 3.8) is 0 Å². The van der Waals surface area contributed by atoms with Gasteiger partial charge in [-0.05, 0) is 24.4 Å². The first-order valence-corrected chi connectivity index (χ1v) is 9.87. The molecule has 0 spiro atoms. The number of pyridine rings is 1. The molecule has 27 heavy (non-hydrogen) atoms. The summed E-state index contributed by atoms with van der Waals surface area (Å²) in [6, 6.07) is 10.6. The number of carbonyl (C=O) groups is 1. The Morgan fingerprint density at radius 2 is 2.19 bits per heavy atom. The lowest BCUT2D eigenvalue weighted by atomic mass is 10.2. The van der Waals surface area contributed by atoms with E-state index in [2.05, 4.69) is 39.2 Å². The number of thiazole rings is 1. The standard InChI is InChI=1S/C20H22N4O2S/c1-13-9-16(26-19-18-6-4-3-5-15(18)7-8-21-19)11-24(13)12-17-10-22-20(27-17)23-14(2)25/h3-8,10,13,16H,9,11-12H2,1-2H3,(H,22,23,25)/t13-,16+/m0/s1. The van der Waals surface area contributed by atoms with E-state index in [0.717, 1.165) is 35.2 Å². The number of benzene rings is 1.